The van der Waals surface area contributed by atoms with Crippen LogP contribution in [0.5, 0.6) is 0 Å². The summed E-state index contributed by atoms with van der Waals surface area (Å²) in [6.07, 6.45) is 6.15. The van der Waals surface area contributed by atoms with E-state index in [9.17, 15) is 9.59 Å². The average molecular weight is 350 g/mol. The van der Waals surface area contributed by atoms with Crippen molar-refractivity contribution in [1.82, 2.24) is 14.4 Å². The lowest BCUT2D eigenvalue weighted by Gasteiger charge is -2.37. The van der Waals surface area contributed by atoms with Crippen molar-refractivity contribution in [2.24, 2.45) is 5.41 Å². The second-order valence-corrected chi connectivity index (χ2v) is 8.73. The summed E-state index contributed by atoms with van der Waals surface area (Å²) in [5.41, 5.74) is -0.440. The Balaban J connectivity index is 1.61. The van der Waals surface area contributed by atoms with Crippen molar-refractivity contribution in [3.8, 4) is 0 Å². The molecule has 0 aliphatic carbocycles. The van der Waals surface area contributed by atoms with Gasteiger partial charge in [0.25, 0.3) is 0 Å². The maximum atomic E-state index is 12.9. The van der Waals surface area contributed by atoms with Crippen molar-refractivity contribution < 1.29 is 9.59 Å². The van der Waals surface area contributed by atoms with Crippen LogP contribution < -0.4 is 0 Å². The lowest BCUT2D eigenvalue weighted by molar-refractivity contribution is -0.148. The average Bonchev–Trinajstić information content (AvgIpc) is 3.24. The molecule has 1 unspecified atom stereocenters. The maximum absolute atomic E-state index is 12.9. The van der Waals surface area contributed by atoms with Gasteiger partial charge in [-0.15, -0.1) is 11.8 Å². The van der Waals surface area contributed by atoms with Crippen LogP contribution in [0.15, 0.2) is 24.5 Å². The second kappa shape index (κ2) is 6.82. The molecule has 2 saturated heterocycles. The summed E-state index contributed by atoms with van der Waals surface area (Å²) < 4.78 is 2.24. The van der Waals surface area contributed by atoms with Crippen molar-refractivity contribution in [3.63, 3.8) is 0 Å². The van der Waals surface area contributed by atoms with Crippen molar-refractivity contribution in [2.45, 2.75) is 45.7 Å². The monoisotopic (exact) mass is 349 g/mol. The van der Waals surface area contributed by atoms with Crippen LogP contribution in [0.3, 0.4) is 0 Å². The molecule has 2 aliphatic heterocycles. The number of rotatable bonds is 2. The van der Waals surface area contributed by atoms with Crippen LogP contribution in [0, 0.1) is 5.41 Å². The number of hydrogen-bond acceptors (Lipinski definition) is 3. The number of piperidine rings is 1. The van der Waals surface area contributed by atoms with E-state index in [2.05, 4.69) is 17.0 Å². The van der Waals surface area contributed by atoms with E-state index in [-0.39, 0.29) is 17.9 Å². The lowest BCUT2D eigenvalue weighted by Crippen LogP contribution is -2.53. The number of carbonyl (C=O) groups excluding carboxylic acids is 2. The molecule has 2 amide bonds. The molecule has 3 heterocycles. The Hall–Kier alpha value is -1.43. The third kappa shape index (κ3) is 3.48. The van der Waals surface area contributed by atoms with Crippen LogP contribution in [-0.2, 0) is 9.59 Å². The number of hydrogen-bond donors (Lipinski definition) is 0. The number of likely N-dealkylation sites (tertiary alicyclic amines) is 1. The zero-order valence-corrected chi connectivity index (χ0v) is 15.6. The summed E-state index contributed by atoms with van der Waals surface area (Å²) in [6, 6.07) is 4.28. The zero-order valence-electron chi connectivity index (χ0n) is 14.8. The number of nitrogens with zero attached hydrogens (tertiary/aromatic N) is 3. The van der Waals surface area contributed by atoms with E-state index in [1.54, 1.807) is 16.7 Å². The Kier molecular flexibility index (Phi) is 4.95. The summed E-state index contributed by atoms with van der Waals surface area (Å²) in [5.74, 6) is 1.56. The Morgan fingerprint density at radius 3 is 2.29 bits per heavy atom. The van der Waals surface area contributed by atoms with Crippen molar-refractivity contribution in [2.75, 3.05) is 24.7 Å². The number of thioether (sulfide) groups is 1. The molecule has 1 aromatic rings. The topological polar surface area (TPSA) is 45.6 Å². The lowest BCUT2D eigenvalue weighted by atomic mass is 9.94. The van der Waals surface area contributed by atoms with Gasteiger partial charge in [0, 0.05) is 42.7 Å². The Morgan fingerprint density at radius 1 is 1.08 bits per heavy atom. The van der Waals surface area contributed by atoms with Gasteiger partial charge in [0.05, 0.1) is 5.88 Å². The second-order valence-electron chi connectivity index (χ2n) is 7.73. The smallest absolute Gasteiger partial charge is 0.246 e. The van der Waals surface area contributed by atoms with E-state index >= 15 is 0 Å². The molecule has 0 N–H and O–H groups in total. The van der Waals surface area contributed by atoms with Crippen LogP contribution in [-0.4, -0.2) is 56.9 Å². The standard InChI is InChI=1S/C18H27N3O2S/c1-18(2,3)17(23)21-13-24-12-15(21)16(22)20-10-6-14(7-11-20)19-8-4-5-9-19/h4-5,8-9,14-15H,6-7,10-13H2,1-3H3. The zero-order chi connectivity index (χ0) is 17.3. The summed E-state index contributed by atoms with van der Waals surface area (Å²) in [5, 5.41) is 0. The molecule has 3 rings (SSSR count). The molecule has 24 heavy (non-hydrogen) atoms. The summed E-state index contributed by atoms with van der Waals surface area (Å²) in [6.45, 7) is 7.31. The molecule has 6 heteroatoms. The molecule has 5 nitrogen and oxygen atoms in total. The first kappa shape index (κ1) is 17.4. The van der Waals surface area contributed by atoms with Crippen LogP contribution in [0.1, 0.15) is 39.7 Å². The number of carbonyl (C=O) groups is 2. The Bertz CT molecular complexity index is 586. The third-order valence-electron chi connectivity index (χ3n) is 4.90. The van der Waals surface area contributed by atoms with Gasteiger partial charge < -0.3 is 14.4 Å². The van der Waals surface area contributed by atoms with Crippen molar-refractivity contribution >= 4 is 23.6 Å². The minimum absolute atomic E-state index is 0.0769. The van der Waals surface area contributed by atoms with Gasteiger partial charge in [-0.1, -0.05) is 20.8 Å². The van der Waals surface area contributed by atoms with E-state index < -0.39 is 5.41 Å². The highest BCUT2D eigenvalue weighted by atomic mass is 32.2. The molecule has 0 aromatic carbocycles. The molecule has 0 radical (unpaired) electrons. The minimum Gasteiger partial charge on any atom is -0.351 e. The van der Waals surface area contributed by atoms with Crippen molar-refractivity contribution in [1.29, 1.82) is 0 Å². The van der Waals surface area contributed by atoms with Gasteiger partial charge in [0.2, 0.25) is 11.8 Å². The molecule has 1 aromatic heterocycles. The quantitative estimate of drug-likeness (QED) is 0.824. The fraction of sp³-hybridized carbons (Fsp3) is 0.667. The van der Waals surface area contributed by atoms with Crippen LogP contribution in [0.25, 0.3) is 0 Å². The fourth-order valence-electron chi connectivity index (χ4n) is 3.46. The van der Waals surface area contributed by atoms with Gasteiger partial charge in [-0.05, 0) is 25.0 Å². The first-order valence-corrected chi connectivity index (χ1v) is 9.83. The maximum Gasteiger partial charge on any atom is 0.246 e. The van der Waals surface area contributed by atoms with Crippen LogP contribution in [0.2, 0.25) is 0 Å². The van der Waals surface area contributed by atoms with Gasteiger partial charge in [-0.3, -0.25) is 9.59 Å². The van der Waals surface area contributed by atoms with Gasteiger partial charge in [0.1, 0.15) is 6.04 Å². The minimum atomic E-state index is -0.440. The normalized spacial score (nSPS) is 22.9. The van der Waals surface area contributed by atoms with E-state index in [0.717, 1.165) is 31.7 Å². The Morgan fingerprint density at radius 2 is 1.71 bits per heavy atom. The predicted octanol–water partition coefficient (Wildman–Crippen LogP) is 2.60. The first-order chi connectivity index (χ1) is 11.4. The number of aromatic nitrogens is 1. The highest BCUT2D eigenvalue weighted by Crippen LogP contribution is 2.30. The molecule has 0 saturated carbocycles. The van der Waals surface area contributed by atoms with E-state index in [1.165, 1.54) is 0 Å². The fourth-order valence-corrected chi connectivity index (χ4v) is 4.61. The Labute approximate surface area is 148 Å². The molecule has 1 atom stereocenters. The SMILES string of the molecule is CC(C)(C)C(=O)N1CSCC1C(=O)N1CCC(n2cccc2)CC1. The van der Waals surface area contributed by atoms with Crippen molar-refractivity contribution in [3.05, 3.63) is 24.5 Å². The highest BCUT2D eigenvalue weighted by molar-refractivity contribution is 7.99. The third-order valence-corrected chi connectivity index (χ3v) is 5.91. The molecule has 132 valence electrons. The van der Waals surface area contributed by atoms with Gasteiger partial charge in [0.15, 0.2) is 0 Å². The largest absolute Gasteiger partial charge is 0.351 e. The molecular formula is C18H27N3O2S. The van der Waals surface area contributed by atoms with Gasteiger partial charge in [-0.2, -0.15) is 0 Å². The van der Waals surface area contributed by atoms with E-state index in [4.69, 9.17) is 0 Å². The summed E-state index contributed by atoms with van der Waals surface area (Å²) >= 11 is 1.68. The van der Waals surface area contributed by atoms with E-state index in [0.29, 0.717) is 11.9 Å². The summed E-state index contributed by atoms with van der Waals surface area (Å²) in [7, 11) is 0. The molecule has 0 bridgehead atoms. The molecule has 2 aliphatic rings. The van der Waals surface area contributed by atoms with E-state index in [1.807, 2.05) is 37.8 Å². The predicted molar refractivity (Wildman–Crippen MR) is 96.7 cm³/mol. The van der Waals surface area contributed by atoms with Gasteiger partial charge >= 0.3 is 0 Å². The first-order valence-electron chi connectivity index (χ1n) is 8.68. The van der Waals surface area contributed by atoms with Gasteiger partial charge in [-0.25, -0.2) is 0 Å². The molecule has 0 spiro atoms. The summed E-state index contributed by atoms with van der Waals surface area (Å²) in [4.78, 5) is 29.3. The van der Waals surface area contributed by atoms with Crippen LogP contribution in [0.4, 0.5) is 0 Å². The number of amides is 2. The molecule has 2 fully saturated rings. The molecular weight excluding hydrogens is 322 g/mol. The highest BCUT2D eigenvalue weighted by Gasteiger charge is 2.41. The van der Waals surface area contributed by atoms with Crippen LogP contribution >= 0.6 is 11.8 Å².